The Balaban J connectivity index is 1.96. The van der Waals surface area contributed by atoms with Crippen molar-refractivity contribution in [2.75, 3.05) is 7.11 Å². The number of rotatable bonds is 3. The van der Waals surface area contributed by atoms with Gasteiger partial charge in [-0.25, -0.2) is 4.98 Å². The first-order valence-corrected chi connectivity index (χ1v) is 6.79. The fourth-order valence-electron chi connectivity index (χ4n) is 2.17. The van der Waals surface area contributed by atoms with Crippen LogP contribution in [0.4, 0.5) is 0 Å². The summed E-state index contributed by atoms with van der Waals surface area (Å²) in [7, 11) is 1.68. The third-order valence-electron chi connectivity index (χ3n) is 3.14. The Kier molecular flexibility index (Phi) is 3.25. The van der Waals surface area contributed by atoms with Gasteiger partial charge in [-0.2, -0.15) is 0 Å². The summed E-state index contributed by atoms with van der Waals surface area (Å²) in [5.41, 5.74) is 2.35. The minimum Gasteiger partial charge on any atom is -0.497 e. The van der Waals surface area contributed by atoms with Crippen molar-refractivity contribution in [3.8, 4) is 5.75 Å². The average Bonchev–Trinajstić information content (AvgIpc) is 2.84. The molecule has 0 saturated heterocycles. The molecule has 1 aromatic carbocycles. The van der Waals surface area contributed by atoms with E-state index >= 15 is 0 Å². The first kappa shape index (κ1) is 12.2. The van der Waals surface area contributed by atoms with Gasteiger partial charge in [0.05, 0.1) is 12.6 Å². The molecule has 0 aliphatic heterocycles. The van der Waals surface area contributed by atoms with Gasteiger partial charge < -0.3 is 9.30 Å². The monoisotopic (exact) mass is 316 g/mol. The molecule has 0 spiro atoms. The maximum Gasteiger partial charge on any atom is 0.130 e. The topological polar surface area (TPSA) is 27.1 Å². The quantitative estimate of drug-likeness (QED) is 0.686. The van der Waals surface area contributed by atoms with Crippen molar-refractivity contribution in [3.63, 3.8) is 0 Å². The van der Waals surface area contributed by atoms with E-state index in [1.54, 1.807) is 7.11 Å². The fraction of sp³-hybridized carbons (Fsp3) is 0.133. The van der Waals surface area contributed by atoms with Gasteiger partial charge in [0.1, 0.15) is 10.4 Å². The molecule has 0 bridgehead atoms. The van der Waals surface area contributed by atoms with E-state index in [0.717, 1.165) is 22.4 Å². The van der Waals surface area contributed by atoms with Gasteiger partial charge in [-0.15, -0.1) is 0 Å². The number of pyridine rings is 1. The minimum absolute atomic E-state index is 0.817. The highest BCUT2D eigenvalue weighted by Crippen LogP contribution is 2.23. The van der Waals surface area contributed by atoms with Gasteiger partial charge in [0.25, 0.3) is 0 Å². The molecule has 0 N–H and O–H groups in total. The van der Waals surface area contributed by atoms with E-state index in [1.165, 1.54) is 10.9 Å². The summed E-state index contributed by atoms with van der Waals surface area (Å²) in [5.74, 6) is 0.879. The number of hydrogen-bond donors (Lipinski definition) is 0. The molecule has 0 atom stereocenters. The number of nitrogens with zero attached hydrogens (tertiary/aromatic N) is 2. The highest BCUT2D eigenvalue weighted by atomic mass is 79.9. The highest BCUT2D eigenvalue weighted by molar-refractivity contribution is 9.10. The molecule has 3 nitrogen and oxygen atoms in total. The maximum atomic E-state index is 5.17. The van der Waals surface area contributed by atoms with Crippen molar-refractivity contribution in [2.45, 2.75) is 6.54 Å². The zero-order valence-corrected chi connectivity index (χ0v) is 12.1. The largest absolute Gasteiger partial charge is 0.497 e. The van der Waals surface area contributed by atoms with Crippen molar-refractivity contribution in [3.05, 3.63) is 59.0 Å². The first-order chi connectivity index (χ1) is 9.28. The van der Waals surface area contributed by atoms with E-state index < -0.39 is 0 Å². The summed E-state index contributed by atoms with van der Waals surface area (Å²) in [6, 6.07) is 12.2. The van der Waals surface area contributed by atoms with E-state index in [2.05, 4.69) is 49.9 Å². The average molecular weight is 317 g/mol. The molecular formula is C15H13BrN2O. The molecule has 2 heterocycles. The smallest absolute Gasteiger partial charge is 0.130 e. The molecule has 0 radical (unpaired) electrons. The molecule has 2 aromatic heterocycles. The predicted octanol–water partition coefficient (Wildman–Crippen LogP) is 3.86. The third kappa shape index (κ3) is 2.36. The molecular weight excluding hydrogens is 304 g/mol. The zero-order valence-electron chi connectivity index (χ0n) is 10.5. The summed E-state index contributed by atoms with van der Waals surface area (Å²) in [5, 5.41) is 1.19. The van der Waals surface area contributed by atoms with E-state index in [1.807, 2.05) is 24.4 Å². The second-order valence-electron chi connectivity index (χ2n) is 4.33. The molecule has 96 valence electrons. The Bertz CT molecular complexity index is 704. The van der Waals surface area contributed by atoms with Crippen LogP contribution in [0.5, 0.6) is 5.75 Å². The molecule has 0 aliphatic rings. The van der Waals surface area contributed by atoms with Crippen molar-refractivity contribution in [1.82, 2.24) is 9.55 Å². The molecule has 19 heavy (non-hydrogen) atoms. The van der Waals surface area contributed by atoms with Gasteiger partial charge in [-0.3, -0.25) is 0 Å². The Hall–Kier alpha value is -1.81. The normalized spacial score (nSPS) is 10.8. The second kappa shape index (κ2) is 5.05. The van der Waals surface area contributed by atoms with Gasteiger partial charge in [-0.1, -0.05) is 12.1 Å². The summed E-state index contributed by atoms with van der Waals surface area (Å²) in [6.45, 7) is 0.817. The number of methoxy groups -OCH3 is 1. The van der Waals surface area contributed by atoms with Crippen LogP contribution in [0, 0.1) is 0 Å². The predicted molar refractivity (Wildman–Crippen MR) is 79.5 cm³/mol. The Labute approximate surface area is 120 Å². The van der Waals surface area contributed by atoms with Crippen LogP contribution in [0.2, 0.25) is 0 Å². The maximum absolute atomic E-state index is 5.17. The van der Waals surface area contributed by atoms with Crippen LogP contribution in [-0.2, 0) is 6.54 Å². The molecule has 0 unspecified atom stereocenters. The SMILES string of the molecule is COc1ccc(Cn2ccc3ccnc(Br)c32)cc1. The van der Waals surface area contributed by atoms with Crippen LogP contribution in [0.15, 0.2) is 53.4 Å². The van der Waals surface area contributed by atoms with Crippen LogP contribution in [0.25, 0.3) is 10.9 Å². The molecule has 0 aliphatic carbocycles. The van der Waals surface area contributed by atoms with E-state index in [9.17, 15) is 0 Å². The van der Waals surface area contributed by atoms with Crippen molar-refractivity contribution in [2.24, 2.45) is 0 Å². The zero-order chi connectivity index (χ0) is 13.2. The Morgan fingerprint density at radius 1 is 1.16 bits per heavy atom. The number of ether oxygens (including phenoxy) is 1. The van der Waals surface area contributed by atoms with Crippen LogP contribution in [0.3, 0.4) is 0 Å². The van der Waals surface area contributed by atoms with Gasteiger partial charge in [0.2, 0.25) is 0 Å². The summed E-state index contributed by atoms with van der Waals surface area (Å²) < 4.78 is 8.24. The molecule has 4 heteroatoms. The minimum atomic E-state index is 0.817. The number of hydrogen-bond acceptors (Lipinski definition) is 2. The van der Waals surface area contributed by atoms with Crippen LogP contribution in [0.1, 0.15) is 5.56 Å². The van der Waals surface area contributed by atoms with Crippen LogP contribution >= 0.6 is 15.9 Å². The van der Waals surface area contributed by atoms with Crippen molar-refractivity contribution >= 4 is 26.8 Å². The lowest BCUT2D eigenvalue weighted by molar-refractivity contribution is 0.414. The van der Waals surface area contributed by atoms with Gasteiger partial charge in [0.15, 0.2) is 0 Å². The molecule has 0 fully saturated rings. The van der Waals surface area contributed by atoms with Crippen LogP contribution < -0.4 is 4.74 Å². The third-order valence-corrected chi connectivity index (χ3v) is 3.72. The number of aromatic nitrogens is 2. The summed E-state index contributed by atoms with van der Waals surface area (Å²) in [4.78, 5) is 4.29. The lowest BCUT2D eigenvalue weighted by atomic mass is 10.2. The Morgan fingerprint density at radius 2 is 1.95 bits per heavy atom. The summed E-state index contributed by atoms with van der Waals surface area (Å²) >= 11 is 3.51. The first-order valence-electron chi connectivity index (χ1n) is 6.00. The molecule has 0 amide bonds. The molecule has 0 saturated carbocycles. The lowest BCUT2D eigenvalue weighted by Gasteiger charge is -2.07. The summed E-state index contributed by atoms with van der Waals surface area (Å²) in [6.07, 6.45) is 3.89. The van der Waals surface area contributed by atoms with Gasteiger partial charge >= 0.3 is 0 Å². The highest BCUT2D eigenvalue weighted by Gasteiger charge is 2.06. The second-order valence-corrected chi connectivity index (χ2v) is 5.08. The molecule has 3 rings (SSSR count). The van der Waals surface area contributed by atoms with E-state index in [4.69, 9.17) is 4.74 Å². The standard InChI is InChI=1S/C15H13BrN2O/c1-19-13-4-2-11(3-5-13)10-18-9-7-12-6-8-17-15(16)14(12)18/h2-9H,10H2,1H3. The number of halogens is 1. The number of benzene rings is 1. The van der Waals surface area contributed by atoms with Crippen molar-refractivity contribution < 1.29 is 4.74 Å². The lowest BCUT2D eigenvalue weighted by Crippen LogP contribution is -1.98. The molecule has 3 aromatic rings. The van der Waals surface area contributed by atoms with E-state index in [-0.39, 0.29) is 0 Å². The Morgan fingerprint density at radius 3 is 2.68 bits per heavy atom. The van der Waals surface area contributed by atoms with Crippen molar-refractivity contribution in [1.29, 1.82) is 0 Å². The number of fused-ring (bicyclic) bond motifs is 1. The van der Waals surface area contributed by atoms with Crippen LogP contribution in [-0.4, -0.2) is 16.7 Å². The van der Waals surface area contributed by atoms with Gasteiger partial charge in [-0.05, 0) is 45.8 Å². The van der Waals surface area contributed by atoms with Gasteiger partial charge in [0, 0.05) is 24.3 Å². The fourth-order valence-corrected chi connectivity index (χ4v) is 2.74. The van der Waals surface area contributed by atoms with E-state index in [0.29, 0.717) is 0 Å².